The maximum Gasteiger partial charge on any atom is 0.328 e. The molecule has 2 rings (SSSR count). The van der Waals surface area contributed by atoms with Gasteiger partial charge in [0.15, 0.2) is 0 Å². The topological polar surface area (TPSA) is 50.4 Å². The average molecular weight is 268 g/mol. The highest BCUT2D eigenvalue weighted by atomic mass is 32.1. The van der Waals surface area contributed by atoms with E-state index in [9.17, 15) is 4.79 Å². The Bertz CT molecular complexity index is 361. The number of hydrogen-bond donors (Lipinski definition) is 2. The van der Waals surface area contributed by atoms with E-state index in [1.54, 1.807) is 11.3 Å². The Hall–Kier alpha value is -0.910. The molecule has 18 heavy (non-hydrogen) atoms. The van der Waals surface area contributed by atoms with E-state index in [1.165, 1.54) is 20.0 Å². The predicted molar refractivity (Wildman–Crippen MR) is 72.7 cm³/mol. The van der Waals surface area contributed by atoms with Crippen LogP contribution in [-0.2, 0) is 9.53 Å². The standard InChI is InChI=1S/C13H20N2O2S/c1-17-13(16)12(11-5-3-7-18-11)15-9-10-4-2-6-14-8-10/h3,5,7,10,12,14-15H,2,4,6,8-9H2,1H3. The van der Waals surface area contributed by atoms with Crippen LogP contribution in [0, 0.1) is 5.92 Å². The minimum absolute atomic E-state index is 0.207. The minimum Gasteiger partial charge on any atom is -0.468 e. The zero-order valence-corrected chi connectivity index (χ0v) is 11.5. The Morgan fingerprint density at radius 2 is 2.61 bits per heavy atom. The predicted octanol–water partition coefficient (Wildman–Crippen LogP) is 1.55. The van der Waals surface area contributed by atoms with E-state index in [4.69, 9.17) is 4.74 Å². The van der Waals surface area contributed by atoms with Crippen molar-refractivity contribution in [1.29, 1.82) is 0 Å². The third kappa shape index (κ3) is 3.54. The number of nitrogens with one attached hydrogen (secondary N) is 2. The van der Waals surface area contributed by atoms with Crippen LogP contribution in [0.15, 0.2) is 17.5 Å². The fourth-order valence-electron chi connectivity index (χ4n) is 2.26. The van der Waals surface area contributed by atoms with Gasteiger partial charge in [-0.3, -0.25) is 5.32 Å². The molecule has 1 aromatic heterocycles. The second-order valence-electron chi connectivity index (χ2n) is 4.59. The summed E-state index contributed by atoms with van der Waals surface area (Å²) in [7, 11) is 1.44. The zero-order valence-electron chi connectivity index (χ0n) is 10.6. The molecule has 4 nitrogen and oxygen atoms in total. The van der Waals surface area contributed by atoms with Crippen LogP contribution in [0.4, 0.5) is 0 Å². The molecule has 100 valence electrons. The summed E-state index contributed by atoms with van der Waals surface area (Å²) in [6, 6.07) is 3.61. The van der Waals surface area contributed by atoms with Crippen LogP contribution in [0.3, 0.4) is 0 Å². The molecule has 5 heteroatoms. The number of ether oxygens (including phenoxy) is 1. The van der Waals surface area contributed by atoms with Gasteiger partial charge in [0.25, 0.3) is 0 Å². The van der Waals surface area contributed by atoms with Crippen molar-refractivity contribution in [3.05, 3.63) is 22.4 Å². The normalized spacial score (nSPS) is 21.5. The summed E-state index contributed by atoms with van der Waals surface area (Å²) in [6.07, 6.45) is 2.44. The zero-order chi connectivity index (χ0) is 12.8. The Morgan fingerprint density at radius 3 is 3.22 bits per heavy atom. The summed E-state index contributed by atoms with van der Waals surface area (Å²) in [6.45, 7) is 3.00. The van der Waals surface area contributed by atoms with Gasteiger partial charge in [-0.05, 0) is 43.3 Å². The van der Waals surface area contributed by atoms with Crippen molar-refractivity contribution >= 4 is 17.3 Å². The van der Waals surface area contributed by atoms with E-state index >= 15 is 0 Å². The number of carbonyl (C=O) groups is 1. The molecule has 0 radical (unpaired) electrons. The number of methoxy groups -OCH3 is 1. The molecular weight excluding hydrogens is 248 g/mol. The van der Waals surface area contributed by atoms with Crippen LogP contribution in [0.2, 0.25) is 0 Å². The van der Waals surface area contributed by atoms with Crippen LogP contribution < -0.4 is 10.6 Å². The molecule has 1 aliphatic heterocycles. The van der Waals surface area contributed by atoms with Gasteiger partial charge in [-0.15, -0.1) is 11.3 Å². The molecule has 0 aliphatic carbocycles. The van der Waals surface area contributed by atoms with E-state index in [0.29, 0.717) is 5.92 Å². The summed E-state index contributed by atoms with van der Waals surface area (Å²) in [5.41, 5.74) is 0. The summed E-state index contributed by atoms with van der Waals surface area (Å²) in [5.74, 6) is 0.395. The Balaban J connectivity index is 1.91. The van der Waals surface area contributed by atoms with Gasteiger partial charge >= 0.3 is 5.97 Å². The van der Waals surface area contributed by atoms with Crippen molar-refractivity contribution < 1.29 is 9.53 Å². The molecule has 0 bridgehead atoms. The third-order valence-corrected chi connectivity index (χ3v) is 4.21. The molecule has 1 aromatic rings. The molecule has 0 aromatic carbocycles. The van der Waals surface area contributed by atoms with Crippen LogP contribution in [0.25, 0.3) is 0 Å². The number of hydrogen-bond acceptors (Lipinski definition) is 5. The monoisotopic (exact) mass is 268 g/mol. The Kier molecular flexibility index (Phi) is 5.16. The highest BCUT2D eigenvalue weighted by Crippen LogP contribution is 2.21. The van der Waals surface area contributed by atoms with E-state index in [-0.39, 0.29) is 12.0 Å². The molecule has 2 heterocycles. The van der Waals surface area contributed by atoms with Gasteiger partial charge in [0.05, 0.1) is 7.11 Å². The van der Waals surface area contributed by atoms with Gasteiger partial charge < -0.3 is 10.1 Å². The number of esters is 1. The first-order chi connectivity index (χ1) is 8.81. The Morgan fingerprint density at radius 1 is 1.72 bits per heavy atom. The lowest BCUT2D eigenvalue weighted by Gasteiger charge is -2.25. The van der Waals surface area contributed by atoms with E-state index in [0.717, 1.165) is 24.5 Å². The highest BCUT2D eigenvalue weighted by Gasteiger charge is 2.23. The van der Waals surface area contributed by atoms with Crippen molar-refractivity contribution in [3.63, 3.8) is 0 Å². The molecule has 2 atom stereocenters. The number of rotatable bonds is 5. The minimum atomic E-state index is -0.322. The SMILES string of the molecule is COC(=O)C(NCC1CCCNC1)c1cccs1. The smallest absolute Gasteiger partial charge is 0.328 e. The first-order valence-corrected chi connectivity index (χ1v) is 7.24. The fourth-order valence-corrected chi connectivity index (χ4v) is 3.04. The summed E-state index contributed by atoms with van der Waals surface area (Å²) in [5, 5.41) is 8.70. The van der Waals surface area contributed by atoms with Crippen molar-refractivity contribution in [2.75, 3.05) is 26.7 Å². The largest absolute Gasteiger partial charge is 0.468 e. The molecule has 1 fully saturated rings. The molecule has 0 amide bonds. The first kappa shape index (κ1) is 13.5. The lowest BCUT2D eigenvalue weighted by atomic mass is 9.99. The number of thiophene rings is 1. The van der Waals surface area contributed by atoms with Crippen LogP contribution >= 0.6 is 11.3 Å². The summed E-state index contributed by atoms with van der Waals surface area (Å²) < 4.78 is 4.87. The van der Waals surface area contributed by atoms with E-state index < -0.39 is 0 Å². The maximum absolute atomic E-state index is 11.8. The van der Waals surface area contributed by atoms with Gasteiger partial charge in [-0.1, -0.05) is 6.07 Å². The van der Waals surface area contributed by atoms with Crippen molar-refractivity contribution in [2.45, 2.75) is 18.9 Å². The summed E-state index contributed by atoms with van der Waals surface area (Å²) >= 11 is 1.58. The molecule has 0 saturated carbocycles. The highest BCUT2D eigenvalue weighted by molar-refractivity contribution is 7.10. The molecule has 2 N–H and O–H groups in total. The van der Waals surface area contributed by atoms with Crippen molar-refractivity contribution in [3.8, 4) is 0 Å². The van der Waals surface area contributed by atoms with Crippen molar-refractivity contribution in [1.82, 2.24) is 10.6 Å². The van der Waals surface area contributed by atoms with Gasteiger partial charge in [-0.2, -0.15) is 0 Å². The number of carbonyl (C=O) groups excluding carboxylic acids is 1. The molecule has 0 spiro atoms. The van der Waals surface area contributed by atoms with E-state index in [2.05, 4.69) is 10.6 Å². The van der Waals surface area contributed by atoms with Gasteiger partial charge in [0.2, 0.25) is 0 Å². The third-order valence-electron chi connectivity index (χ3n) is 3.27. The lowest BCUT2D eigenvalue weighted by molar-refractivity contribution is -0.143. The Labute approximate surface area is 112 Å². The van der Waals surface area contributed by atoms with Crippen LogP contribution in [0.1, 0.15) is 23.8 Å². The fraction of sp³-hybridized carbons (Fsp3) is 0.615. The molecule has 1 aliphatic rings. The van der Waals surface area contributed by atoms with Crippen LogP contribution in [0.5, 0.6) is 0 Å². The number of piperidine rings is 1. The van der Waals surface area contributed by atoms with Gasteiger partial charge in [0.1, 0.15) is 6.04 Å². The average Bonchev–Trinajstić information content (AvgIpc) is 2.94. The lowest BCUT2D eigenvalue weighted by Crippen LogP contribution is -2.39. The first-order valence-electron chi connectivity index (χ1n) is 6.36. The second-order valence-corrected chi connectivity index (χ2v) is 5.57. The molecular formula is C13H20N2O2S. The van der Waals surface area contributed by atoms with Gasteiger partial charge in [-0.25, -0.2) is 4.79 Å². The van der Waals surface area contributed by atoms with Crippen LogP contribution in [-0.4, -0.2) is 32.7 Å². The maximum atomic E-state index is 11.8. The molecule has 1 saturated heterocycles. The second kappa shape index (κ2) is 6.87. The summed E-state index contributed by atoms with van der Waals surface area (Å²) in [4.78, 5) is 12.8. The van der Waals surface area contributed by atoms with Crippen molar-refractivity contribution in [2.24, 2.45) is 5.92 Å². The molecule has 2 unspecified atom stereocenters. The quantitative estimate of drug-likeness (QED) is 0.796. The van der Waals surface area contributed by atoms with E-state index in [1.807, 2.05) is 17.5 Å². The van der Waals surface area contributed by atoms with Gasteiger partial charge in [0, 0.05) is 11.4 Å².